The Morgan fingerprint density at radius 2 is 1.75 bits per heavy atom. The van der Waals surface area contributed by atoms with Crippen LogP contribution in [0.1, 0.15) is 56.9 Å². The molecule has 2 aromatic heterocycles. The Labute approximate surface area is 243 Å². The lowest BCUT2D eigenvalue weighted by Crippen LogP contribution is -2.21. The standard InChI is InChI=1S/C31H33N5O2S2/c1-4-7-8-9-10-22-11-17-26(18-12-22)38-30(37)23(21-32)19-27-20-28-29(39-27)33-31(40-28)35-34-24-13-15-25(16-14-24)36(5-2)6-3/h11-20H,4-10H2,1-3H3/b23-19+,35-34+. The number of fused-ring (bicyclic) bond motifs is 1. The number of aromatic nitrogens is 1. The number of rotatable bonds is 13. The number of ether oxygens (including phenoxy) is 1. The average Bonchev–Trinajstić information content (AvgIpc) is 3.53. The number of nitrogens with zero attached hydrogens (tertiary/aromatic N) is 5. The molecule has 0 saturated carbocycles. The molecule has 0 spiro atoms. The molecule has 2 heterocycles. The lowest BCUT2D eigenvalue weighted by atomic mass is 10.1. The quantitative estimate of drug-likeness (QED) is 0.0398. The molecule has 0 unspecified atom stereocenters. The van der Waals surface area contributed by atoms with Gasteiger partial charge in [0.1, 0.15) is 22.2 Å². The predicted octanol–water partition coefficient (Wildman–Crippen LogP) is 9.25. The van der Waals surface area contributed by atoms with E-state index in [1.54, 1.807) is 18.2 Å². The minimum absolute atomic E-state index is 0.0642. The zero-order valence-electron chi connectivity index (χ0n) is 23.1. The van der Waals surface area contributed by atoms with E-state index in [0.29, 0.717) is 10.9 Å². The van der Waals surface area contributed by atoms with Gasteiger partial charge in [-0.1, -0.05) is 49.7 Å². The molecule has 9 heteroatoms. The van der Waals surface area contributed by atoms with Crippen molar-refractivity contribution in [1.29, 1.82) is 5.26 Å². The van der Waals surface area contributed by atoms with E-state index in [1.165, 1.54) is 47.5 Å². The third-order valence-corrected chi connectivity index (χ3v) is 8.40. The summed E-state index contributed by atoms with van der Waals surface area (Å²) in [7, 11) is 0. The summed E-state index contributed by atoms with van der Waals surface area (Å²) in [5, 5.41) is 18.8. The third kappa shape index (κ3) is 7.84. The number of azo groups is 1. The van der Waals surface area contributed by atoms with Crippen LogP contribution in [0.5, 0.6) is 5.75 Å². The molecule has 0 saturated heterocycles. The second-order valence-corrected chi connectivity index (χ2v) is 11.3. The first-order valence-corrected chi connectivity index (χ1v) is 15.3. The second kappa shape index (κ2) is 14.5. The molecule has 0 amide bonds. The van der Waals surface area contributed by atoms with Crippen molar-refractivity contribution in [3.05, 3.63) is 70.6 Å². The van der Waals surface area contributed by atoms with Crippen LogP contribution < -0.4 is 9.64 Å². The number of hydrogen-bond donors (Lipinski definition) is 0. The van der Waals surface area contributed by atoms with Gasteiger partial charge in [-0.15, -0.1) is 21.6 Å². The van der Waals surface area contributed by atoms with Crippen molar-refractivity contribution in [3.8, 4) is 11.8 Å². The summed E-state index contributed by atoms with van der Waals surface area (Å²) in [6, 6.07) is 19.3. The number of anilines is 1. The van der Waals surface area contributed by atoms with Crippen LogP contribution in [0.3, 0.4) is 0 Å². The number of thiazole rings is 1. The molecule has 0 fully saturated rings. The molecular weight excluding hydrogens is 539 g/mol. The molecular formula is C31H33N5O2S2. The van der Waals surface area contributed by atoms with Gasteiger partial charge in [-0.3, -0.25) is 0 Å². The number of esters is 1. The summed E-state index contributed by atoms with van der Waals surface area (Å²) in [6.07, 6.45) is 7.38. The topological polar surface area (TPSA) is 90.9 Å². The van der Waals surface area contributed by atoms with Crippen molar-refractivity contribution in [2.45, 2.75) is 52.9 Å². The Kier molecular flexibility index (Phi) is 10.6. The van der Waals surface area contributed by atoms with E-state index in [2.05, 4.69) is 40.9 Å². The molecule has 7 nitrogen and oxygen atoms in total. The fraction of sp³-hybridized carbons (Fsp3) is 0.323. The van der Waals surface area contributed by atoms with E-state index in [0.717, 1.165) is 51.7 Å². The average molecular weight is 572 g/mol. The molecule has 0 aliphatic heterocycles. The number of carbonyl (C=O) groups excluding carboxylic acids is 1. The van der Waals surface area contributed by atoms with Crippen LogP contribution in [0, 0.1) is 11.3 Å². The molecule has 0 bridgehead atoms. The van der Waals surface area contributed by atoms with Crippen LogP contribution in [-0.2, 0) is 11.2 Å². The third-order valence-electron chi connectivity index (χ3n) is 6.41. The lowest BCUT2D eigenvalue weighted by Gasteiger charge is -2.20. The summed E-state index contributed by atoms with van der Waals surface area (Å²) in [4.78, 5) is 21.0. The Hall–Kier alpha value is -3.87. The van der Waals surface area contributed by atoms with Crippen molar-refractivity contribution in [1.82, 2.24) is 4.98 Å². The number of carbonyl (C=O) groups is 1. The molecule has 0 aliphatic rings. The van der Waals surface area contributed by atoms with Gasteiger partial charge in [0.05, 0.1) is 10.4 Å². The summed E-state index contributed by atoms with van der Waals surface area (Å²) in [6.45, 7) is 8.37. The van der Waals surface area contributed by atoms with Gasteiger partial charge in [0.2, 0.25) is 5.13 Å². The summed E-state index contributed by atoms with van der Waals surface area (Å²) in [5.41, 5.74) is 3.07. The normalized spacial score (nSPS) is 11.7. The molecule has 0 radical (unpaired) electrons. The number of thiophene rings is 1. The van der Waals surface area contributed by atoms with Gasteiger partial charge >= 0.3 is 5.97 Å². The Morgan fingerprint density at radius 1 is 1.00 bits per heavy atom. The number of unbranched alkanes of at least 4 members (excludes halogenated alkanes) is 3. The fourth-order valence-corrected chi connectivity index (χ4v) is 6.18. The Bertz CT molecular complexity index is 1480. The van der Waals surface area contributed by atoms with Crippen molar-refractivity contribution in [3.63, 3.8) is 0 Å². The highest BCUT2D eigenvalue weighted by atomic mass is 32.1. The van der Waals surface area contributed by atoms with Crippen molar-refractivity contribution >= 4 is 60.8 Å². The minimum atomic E-state index is -0.676. The van der Waals surface area contributed by atoms with E-state index in [9.17, 15) is 10.1 Å². The first kappa shape index (κ1) is 29.1. The highest BCUT2D eigenvalue weighted by Crippen LogP contribution is 2.36. The van der Waals surface area contributed by atoms with Crippen molar-refractivity contribution in [2.24, 2.45) is 10.2 Å². The largest absolute Gasteiger partial charge is 0.422 e. The maximum Gasteiger partial charge on any atom is 0.354 e. The van der Waals surface area contributed by atoms with Gasteiger partial charge in [0.25, 0.3) is 0 Å². The zero-order valence-corrected chi connectivity index (χ0v) is 24.7. The molecule has 206 valence electrons. The zero-order chi connectivity index (χ0) is 28.3. The summed E-state index contributed by atoms with van der Waals surface area (Å²) < 4.78 is 6.37. The van der Waals surface area contributed by atoms with E-state index >= 15 is 0 Å². The van der Waals surface area contributed by atoms with Gasteiger partial charge < -0.3 is 9.64 Å². The van der Waals surface area contributed by atoms with Gasteiger partial charge in [-0.05, 0) is 80.8 Å². The maximum atomic E-state index is 12.6. The van der Waals surface area contributed by atoms with Gasteiger partial charge in [0, 0.05) is 23.7 Å². The van der Waals surface area contributed by atoms with Crippen LogP contribution in [0.4, 0.5) is 16.5 Å². The lowest BCUT2D eigenvalue weighted by molar-refractivity contribution is -0.129. The monoisotopic (exact) mass is 571 g/mol. The molecule has 2 aromatic carbocycles. The highest BCUT2D eigenvalue weighted by molar-refractivity contribution is 7.29. The van der Waals surface area contributed by atoms with E-state index < -0.39 is 5.97 Å². The SMILES string of the molecule is CCCCCCc1ccc(OC(=O)/C(C#N)=C/c2cc3sc(/N=N/c4ccc(N(CC)CC)cc4)nc3s2)cc1. The van der Waals surface area contributed by atoms with Crippen LogP contribution in [0.25, 0.3) is 15.6 Å². The Balaban J connectivity index is 1.37. The second-order valence-electron chi connectivity index (χ2n) is 9.22. The van der Waals surface area contributed by atoms with E-state index in [-0.39, 0.29) is 5.57 Å². The highest BCUT2D eigenvalue weighted by Gasteiger charge is 2.14. The smallest absolute Gasteiger partial charge is 0.354 e. The number of aryl methyl sites for hydroxylation is 1. The number of hydrogen-bond acceptors (Lipinski definition) is 9. The first-order chi connectivity index (χ1) is 19.5. The summed E-state index contributed by atoms with van der Waals surface area (Å²) >= 11 is 2.80. The van der Waals surface area contributed by atoms with Crippen molar-refractivity contribution in [2.75, 3.05) is 18.0 Å². The van der Waals surface area contributed by atoms with Crippen LogP contribution in [0.15, 0.2) is 70.4 Å². The van der Waals surface area contributed by atoms with Crippen LogP contribution >= 0.6 is 22.7 Å². The molecule has 4 rings (SSSR count). The van der Waals surface area contributed by atoms with Crippen LogP contribution in [-0.4, -0.2) is 24.0 Å². The van der Waals surface area contributed by atoms with E-state index in [1.807, 2.05) is 48.5 Å². The first-order valence-electron chi connectivity index (χ1n) is 13.6. The van der Waals surface area contributed by atoms with E-state index in [4.69, 9.17) is 4.74 Å². The molecule has 40 heavy (non-hydrogen) atoms. The van der Waals surface area contributed by atoms with Gasteiger partial charge in [-0.25, -0.2) is 9.78 Å². The Morgan fingerprint density at radius 3 is 2.40 bits per heavy atom. The molecule has 0 N–H and O–H groups in total. The van der Waals surface area contributed by atoms with Crippen LogP contribution in [0.2, 0.25) is 0 Å². The molecule has 4 aromatic rings. The predicted molar refractivity (Wildman–Crippen MR) is 165 cm³/mol. The van der Waals surface area contributed by atoms with Gasteiger partial charge in [-0.2, -0.15) is 5.26 Å². The molecule has 0 aliphatic carbocycles. The van der Waals surface area contributed by atoms with Gasteiger partial charge in [0.15, 0.2) is 0 Å². The number of nitriles is 1. The van der Waals surface area contributed by atoms with Crippen molar-refractivity contribution < 1.29 is 9.53 Å². The maximum absolute atomic E-state index is 12.6. The fourth-order valence-electron chi connectivity index (χ4n) is 4.20. The number of benzene rings is 2. The summed E-state index contributed by atoms with van der Waals surface area (Å²) in [5.74, 6) is -0.251. The minimum Gasteiger partial charge on any atom is -0.422 e. The molecule has 0 atom stereocenters.